The fraction of sp³-hybridized carbons (Fsp3) is 0.250. The Morgan fingerprint density at radius 2 is 1.73 bits per heavy atom. The molecule has 0 radical (unpaired) electrons. The topological polar surface area (TPSA) is 78.8 Å². The molecule has 3 N–H and O–H groups in total. The van der Waals surface area contributed by atoms with Gasteiger partial charge in [-0.05, 0) is 71.8 Å². The van der Waals surface area contributed by atoms with Crippen molar-refractivity contribution in [2.45, 2.75) is 32.9 Å². The molecule has 0 fully saturated rings. The van der Waals surface area contributed by atoms with Crippen LogP contribution in [0.25, 0.3) is 23.3 Å². The molecule has 3 aromatic carbocycles. The number of rotatable bonds is 9. The van der Waals surface area contributed by atoms with Gasteiger partial charge in [0.25, 0.3) is 0 Å². The zero-order valence-corrected chi connectivity index (χ0v) is 19.6. The largest absolute Gasteiger partial charge is 0.497 e. The third kappa shape index (κ3) is 5.69. The molecule has 33 heavy (non-hydrogen) atoms. The number of hydrogen-bond acceptors (Lipinski definition) is 4. The predicted molar refractivity (Wildman–Crippen MR) is 133 cm³/mol. The van der Waals surface area contributed by atoms with Gasteiger partial charge in [0.2, 0.25) is 0 Å². The molecule has 172 valence electrons. The molecule has 5 nitrogen and oxygen atoms in total. The standard InChI is InChI=1S/C28H31NO4/c1-19-8-9-21(17-29-28(3,18-30)27(31)32)16-24(19)11-10-22-6-5-7-26(20(22)2)23-12-14-25(33-4)15-13-23/h5-16,29-30H,17-18H2,1-4H3,(H,31,32)/b11-10+. The zero-order valence-electron chi connectivity index (χ0n) is 19.6. The second kappa shape index (κ2) is 10.5. The van der Waals surface area contributed by atoms with E-state index >= 15 is 0 Å². The van der Waals surface area contributed by atoms with Crippen LogP contribution >= 0.6 is 0 Å². The van der Waals surface area contributed by atoms with Crippen LogP contribution < -0.4 is 10.1 Å². The van der Waals surface area contributed by atoms with E-state index in [0.29, 0.717) is 6.54 Å². The number of hydrogen-bond donors (Lipinski definition) is 3. The van der Waals surface area contributed by atoms with E-state index in [2.05, 4.69) is 54.7 Å². The van der Waals surface area contributed by atoms with Gasteiger partial charge in [-0.1, -0.05) is 60.7 Å². The Labute approximate surface area is 195 Å². The van der Waals surface area contributed by atoms with E-state index in [9.17, 15) is 15.0 Å². The van der Waals surface area contributed by atoms with E-state index in [1.165, 1.54) is 18.1 Å². The molecule has 0 aliphatic heterocycles. The number of methoxy groups -OCH3 is 1. The van der Waals surface area contributed by atoms with Gasteiger partial charge < -0.3 is 14.9 Å². The lowest BCUT2D eigenvalue weighted by atomic mass is 9.95. The van der Waals surface area contributed by atoms with Crippen molar-refractivity contribution in [2.75, 3.05) is 13.7 Å². The van der Waals surface area contributed by atoms with Crippen molar-refractivity contribution in [3.8, 4) is 16.9 Å². The van der Waals surface area contributed by atoms with Gasteiger partial charge in [-0.2, -0.15) is 0 Å². The van der Waals surface area contributed by atoms with Crippen LogP contribution in [-0.2, 0) is 11.3 Å². The van der Waals surface area contributed by atoms with Crippen LogP contribution in [-0.4, -0.2) is 35.4 Å². The average Bonchev–Trinajstić information content (AvgIpc) is 2.83. The van der Waals surface area contributed by atoms with Crippen molar-refractivity contribution in [1.29, 1.82) is 0 Å². The van der Waals surface area contributed by atoms with Crippen LogP contribution in [0.2, 0.25) is 0 Å². The van der Waals surface area contributed by atoms with Gasteiger partial charge in [0.15, 0.2) is 0 Å². The first-order chi connectivity index (χ1) is 15.8. The average molecular weight is 446 g/mol. The summed E-state index contributed by atoms with van der Waals surface area (Å²) in [5.41, 5.74) is 6.39. The second-order valence-electron chi connectivity index (χ2n) is 8.42. The summed E-state index contributed by atoms with van der Waals surface area (Å²) < 4.78 is 5.26. The summed E-state index contributed by atoms with van der Waals surface area (Å²) >= 11 is 0. The lowest BCUT2D eigenvalue weighted by Gasteiger charge is -2.24. The lowest BCUT2D eigenvalue weighted by molar-refractivity contribution is -0.145. The molecule has 0 aromatic heterocycles. The van der Waals surface area contributed by atoms with Crippen LogP contribution in [0.1, 0.15) is 34.7 Å². The normalized spacial score (nSPS) is 13.1. The van der Waals surface area contributed by atoms with Crippen molar-refractivity contribution >= 4 is 18.1 Å². The first-order valence-electron chi connectivity index (χ1n) is 10.9. The molecule has 5 heteroatoms. The molecule has 1 unspecified atom stereocenters. The van der Waals surface area contributed by atoms with E-state index in [1.54, 1.807) is 7.11 Å². The van der Waals surface area contributed by atoms with E-state index in [1.807, 2.05) is 37.3 Å². The molecule has 0 spiro atoms. The van der Waals surface area contributed by atoms with E-state index in [-0.39, 0.29) is 0 Å². The minimum atomic E-state index is -1.38. The van der Waals surface area contributed by atoms with Crippen LogP contribution in [0, 0.1) is 13.8 Å². The van der Waals surface area contributed by atoms with Gasteiger partial charge in [-0.3, -0.25) is 10.1 Å². The molecule has 1 atom stereocenters. The van der Waals surface area contributed by atoms with Gasteiger partial charge >= 0.3 is 5.97 Å². The van der Waals surface area contributed by atoms with Crippen molar-refractivity contribution in [2.24, 2.45) is 0 Å². The molecule has 3 aromatic rings. The highest BCUT2D eigenvalue weighted by Gasteiger charge is 2.31. The smallest absolute Gasteiger partial charge is 0.326 e. The van der Waals surface area contributed by atoms with Crippen molar-refractivity contribution in [1.82, 2.24) is 5.32 Å². The van der Waals surface area contributed by atoms with Gasteiger partial charge in [-0.15, -0.1) is 0 Å². The Morgan fingerprint density at radius 3 is 2.36 bits per heavy atom. The summed E-state index contributed by atoms with van der Waals surface area (Å²) in [6.07, 6.45) is 4.19. The molecular formula is C28H31NO4. The SMILES string of the molecule is COc1ccc(-c2cccc(/C=C/c3cc(CNC(C)(CO)C(=O)O)ccc3C)c2C)cc1. The quantitative estimate of drug-likeness (QED) is 0.401. The summed E-state index contributed by atoms with van der Waals surface area (Å²) in [5, 5.41) is 21.7. The summed E-state index contributed by atoms with van der Waals surface area (Å²) in [4.78, 5) is 11.4. The summed E-state index contributed by atoms with van der Waals surface area (Å²) in [6.45, 7) is 5.50. The second-order valence-corrected chi connectivity index (χ2v) is 8.42. The number of aliphatic carboxylic acids is 1. The van der Waals surface area contributed by atoms with Crippen LogP contribution in [0.3, 0.4) is 0 Å². The number of carboxylic acids is 1. The monoisotopic (exact) mass is 445 g/mol. The molecule has 0 saturated carbocycles. The fourth-order valence-corrected chi connectivity index (χ4v) is 3.57. The lowest BCUT2D eigenvalue weighted by Crippen LogP contribution is -2.52. The van der Waals surface area contributed by atoms with Crippen LogP contribution in [0.5, 0.6) is 5.75 Å². The maximum atomic E-state index is 11.4. The molecule has 0 aliphatic rings. The number of carboxylic acid groups (broad SMARTS) is 1. The Balaban J connectivity index is 1.83. The third-order valence-corrected chi connectivity index (χ3v) is 6.03. The van der Waals surface area contributed by atoms with Crippen molar-refractivity contribution in [3.63, 3.8) is 0 Å². The molecule has 0 bridgehead atoms. The summed E-state index contributed by atoms with van der Waals surface area (Å²) in [6, 6.07) is 20.4. The Hall–Kier alpha value is -3.41. The molecule has 0 heterocycles. The van der Waals surface area contributed by atoms with E-state index < -0.39 is 18.1 Å². The molecular weight excluding hydrogens is 414 g/mol. The number of ether oxygens (including phenoxy) is 1. The van der Waals surface area contributed by atoms with Gasteiger partial charge in [0.05, 0.1) is 13.7 Å². The number of benzene rings is 3. The van der Waals surface area contributed by atoms with E-state index in [4.69, 9.17) is 4.74 Å². The first kappa shape index (κ1) is 24.2. The molecule has 3 rings (SSSR count). The Morgan fingerprint density at radius 1 is 1.03 bits per heavy atom. The molecule has 0 aliphatic carbocycles. The minimum absolute atomic E-state index is 0.344. The minimum Gasteiger partial charge on any atom is -0.497 e. The third-order valence-electron chi connectivity index (χ3n) is 6.03. The van der Waals surface area contributed by atoms with Crippen LogP contribution in [0.15, 0.2) is 60.7 Å². The molecule has 0 amide bonds. The van der Waals surface area contributed by atoms with E-state index in [0.717, 1.165) is 33.6 Å². The van der Waals surface area contributed by atoms with Gasteiger partial charge in [0.1, 0.15) is 11.3 Å². The van der Waals surface area contributed by atoms with Crippen molar-refractivity contribution < 1.29 is 19.7 Å². The highest BCUT2D eigenvalue weighted by molar-refractivity contribution is 5.79. The Kier molecular flexibility index (Phi) is 7.69. The number of aliphatic hydroxyl groups is 1. The highest BCUT2D eigenvalue weighted by atomic mass is 16.5. The first-order valence-corrected chi connectivity index (χ1v) is 10.9. The number of aryl methyl sites for hydroxylation is 1. The maximum Gasteiger partial charge on any atom is 0.326 e. The number of aliphatic hydroxyl groups excluding tert-OH is 1. The zero-order chi connectivity index (χ0) is 24.0. The molecule has 0 saturated heterocycles. The fourth-order valence-electron chi connectivity index (χ4n) is 3.57. The van der Waals surface area contributed by atoms with Crippen LogP contribution in [0.4, 0.5) is 0 Å². The van der Waals surface area contributed by atoms with Crippen molar-refractivity contribution in [3.05, 3.63) is 88.5 Å². The Bertz CT molecular complexity index is 1150. The summed E-state index contributed by atoms with van der Waals surface area (Å²) in [7, 11) is 1.66. The maximum absolute atomic E-state index is 11.4. The van der Waals surface area contributed by atoms with Gasteiger partial charge in [0, 0.05) is 6.54 Å². The number of carbonyl (C=O) groups is 1. The predicted octanol–water partition coefficient (Wildman–Crippen LogP) is 5.07. The highest BCUT2D eigenvalue weighted by Crippen LogP contribution is 2.28. The van der Waals surface area contributed by atoms with Gasteiger partial charge in [-0.25, -0.2) is 0 Å². The summed E-state index contributed by atoms with van der Waals surface area (Å²) in [5.74, 6) is -0.246. The number of nitrogens with one attached hydrogen (secondary N) is 1.